The monoisotopic (exact) mass is 215 g/mol. The van der Waals surface area contributed by atoms with Crippen LogP contribution in [0.1, 0.15) is 6.42 Å². The maximum atomic E-state index is 10.2. The van der Waals surface area contributed by atoms with Gasteiger partial charge in [-0.2, -0.15) is 0 Å². The van der Waals surface area contributed by atoms with Crippen molar-refractivity contribution in [3.8, 4) is 0 Å². The number of hydrogen-bond acceptors (Lipinski definition) is 2. The quantitative estimate of drug-likeness (QED) is 0.540. The number of carboxylic acids is 1. The van der Waals surface area contributed by atoms with Crippen molar-refractivity contribution in [3.63, 3.8) is 0 Å². The summed E-state index contributed by atoms with van der Waals surface area (Å²) >= 11 is 8.06. The standard InChI is InChI=1S/C4H7BrClNO2/c5-4(7,1-2-6)3(8)9/h1-2,7H2,(H,8,9). The van der Waals surface area contributed by atoms with Crippen LogP contribution in [0.3, 0.4) is 0 Å². The summed E-state index contributed by atoms with van der Waals surface area (Å²) in [7, 11) is 0. The molecule has 0 saturated heterocycles. The Hall–Kier alpha value is 0.200. The molecule has 0 amide bonds. The largest absolute Gasteiger partial charge is 0.479 e. The molecule has 54 valence electrons. The summed E-state index contributed by atoms with van der Waals surface area (Å²) in [4.78, 5) is 10.2. The van der Waals surface area contributed by atoms with Gasteiger partial charge in [-0.3, -0.25) is 0 Å². The second-order valence-corrected chi connectivity index (χ2v) is 3.40. The van der Waals surface area contributed by atoms with Crippen molar-refractivity contribution in [1.29, 1.82) is 0 Å². The van der Waals surface area contributed by atoms with E-state index in [4.69, 9.17) is 22.4 Å². The van der Waals surface area contributed by atoms with E-state index in [9.17, 15) is 4.79 Å². The number of rotatable bonds is 3. The van der Waals surface area contributed by atoms with Gasteiger partial charge in [0.05, 0.1) is 0 Å². The van der Waals surface area contributed by atoms with Crippen LogP contribution in [0.5, 0.6) is 0 Å². The van der Waals surface area contributed by atoms with Gasteiger partial charge in [-0.1, -0.05) is 15.9 Å². The Morgan fingerprint density at radius 3 is 2.44 bits per heavy atom. The van der Waals surface area contributed by atoms with Crippen molar-refractivity contribution >= 4 is 33.5 Å². The minimum Gasteiger partial charge on any atom is -0.479 e. The molecule has 0 aromatic heterocycles. The van der Waals surface area contributed by atoms with E-state index >= 15 is 0 Å². The van der Waals surface area contributed by atoms with Crippen LogP contribution >= 0.6 is 27.5 Å². The summed E-state index contributed by atoms with van der Waals surface area (Å²) in [5.41, 5.74) is 5.20. The molecule has 0 aromatic rings. The summed E-state index contributed by atoms with van der Waals surface area (Å²) in [6, 6.07) is 0. The second-order valence-electron chi connectivity index (χ2n) is 1.61. The number of alkyl halides is 2. The molecule has 0 aliphatic heterocycles. The predicted molar refractivity (Wildman–Crippen MR) is 38.8 cm³/mol. The van der Waals surface area contributed by atoms with Crippen molar-refractivity contribution in [1.82, 2.24) is 0 Å². The van der Waals surface area contributed by atoms with Crippen molar-refractivity contribution in [2.75, 3.05) is 5.88 Å². The van der Waals surface area contributed by atoms with Gasteiger partial charge in [0.1, 0.15) is 0 Å². The van der Waals surface area contributed by atoms with Gasteiger partial charge < -0.3 is 10.8 Å². The van der Waals surface area contributed by atoms with E-state index in [0.29, 0.717) is 0 Å². The first-order chi connectivity index (χ1) is 4.00. The zero-order chi connectivity index (χ0) is 7.49. The van der Waals surface area contributed by atoms with Gasteiger partial charge >= 0.3 is 5.97 Å². The normalized spacial score (nSPS) is 16.8. The van der Waals surface area contributed by atoms with Crippen LogP contribution < -0.4 is 5.73 Å². The Labute approximate surface area is 66.3 Å². The summed E-state index contributed by atoms with van der Waals surface area (Å²) in [6.45, 7) is 0. The molecular formula is C4H7BrClNO2. The second kappa shape index (κ2) is 3.39. The fourth-order valence-electron chi connectivity index (χ4n) is 0.244. The molecule has 0 aromatic carbocycles. The highest BCUT2D eigenvalue weighted by molar-refractivity contribution is 9.10. The minimum absolute atomic E-state index is 0.212. The van der Waals surface area contributed by atoms with Crippen LogP contribution in [0.15, 0.2) is 0 Å². The summed E-state index contributed by atoms with van der Waals surface area (Å²) in [6.07, 6.45) is 0.212. The molecule has 3 N–H and O–H groups in total. The number of carboxylic acid groups (broad SMARTS) is 1. The number of nitrogens with two attached hydrogens (primary N) is 1. The summed E-state index contributed by atoms with van der Waals surface area (Å²) < 4.78 is -1.35. The third-order valence-corrected chi connectivity index (χ3v) is 1.74. The van der Waals surface area contributed by atoms with Gasteiger partial charge in [0.2, 0.25) is 0 Å². The number of aliphatic carboxylic acids is 1. The lowest BCUT2D eigenvalue weighted by molar-refractivity contribution is -0.139. The molecule has 3 nitrogen and oxygen atoms in total. The van der Waals surface area contributed by atoms with Crippen molar-refractivity contribution in [3.05, 3.63) is 0 Å². The molecule has 0 aliphatic carbocycles. The Morgan fingerprint density at radius 2 is 2.33 bits per heavy atom. The van der Waals surface area contributed by atoms with Gasteiger partial charge in [-0.25, -0.2) is 4.79 Å². The fourth-order valence-corrected chi connectivity index (χ4v) is 0.969. The van der Waals surface area contributed by atoms with Crippen LogP contribution in [0.4, 0.5) is 0 Å². The molecule has 0 saturated carbocycles. The average molecular weight is 216 g/mol. The Bertz CT molecular complexity index is 117. The SMILES string of the molecule is NC(Br)(CCCl)C(=O)O. The van der Waals surface area contributed by atoms with Crippen molar-refractivity contribution < 1.29 is 9.90 Å². The maximum absolute atomic E-state index is 10.2. The van der Waals surface area contributed by atoms with Crippen molar-refractivity contribution in [2.45, 2.75) is 10.9 Å². The lowest BCUT2D eigenvalue weighted by atomic mass is 10.2. The van der Waals surface area contributed by atoms with Gasteiger partial charge in [0, 0.05) is 5.88 Å². The lowest BCUT2D eigenvalue weighted by Crippen LogP contribution is -2.41. The number of halogens is 2. The van der Waals surface area contributed by atoms with E-state index < -0.39 is 10.4 Å². The minimum atomic E-state index is -1.35. The molecule has 0 rings (SSSR count). The van der Waals surface area contributed by atoms with Crippen LogP contribution in [0, 0.1) is 0 Å². The summed E-state index contributed by atoms with van der Waals surface area (Å²) in [5.74, 6) is -0.864. The van der Waals surface area contributed by atoms with Crippen LogP contribution in [-0.4, -0.2) is 21.4 Å². The van der Waals surface area contributed by atoms with Gasteiger partial charge in [-0.15, -0.1) is 11.6 Å². The van der Waals surface area contributed by atoms with E-state index in [1.54, 1.807) is 0 Å². The molecule has 5 heteroatoms. The molecule has 1 unspecified atom stereocenters. The molecule has 0 heterocycles. The zero-order valence-corrected chi connectivity index (χ0v) is 6.94. The molecule has 0 spiro atoms. The number of carbonyl (C=O) groups is 1. The molecule has 1 atom stereocenters. The van der Waals surface area contributed by atoms with Gasteiger partial charge in [0.15, 0.2) is 4.45 Å². The van der Waals surface area contributed by atoms with Gasteiger partial charge in [0.25, 0.3) is 0 Å². The average Bonchev–Trinajstić information content (AvgIpc) is 1.65. The Morgan fingerprint density at radius 1 is 1.89 bits per heavy atom. The van der Waals surface area contributed by atoms with E-state index in [1.165, 1.54) is 0 Å². The van der Waals surface area contributed by atoms with E-state index in [0.717, 1.165) is 0 Å². The van der Waals surface area contributed by atoms with Crippen molar-refractivity contribution in [2.24, 2.45) is 5.73 Å². The third-order valence-electron chi connectivity index (χ3n) is 0.814. The van der Waals surface area contributed by atoms with Crippen LogP contribution in [-0.2, 0) is 4.79 Å². The molecule has 0 bridgehead atoms. The highest BCUT2D eigenvalue weighted by atomic mass is 79.9. The topological polar surface area (TPSA) is 63.3 Å². The zero-order valence-electron chi connectivity index (χ0n) is 4.60. The Kier molecular flexibility index (Phi) is 3.46. The number of hydrogen-bond donors (Lipinski definition) is 2. The van der Waals surface area contributed by atoms with E-state index in [2.05, 4.69) is 15.9 Å². The lowest BCUT2D eigenvalue weighted by Gasteiger charge is -2.13. The molecular weight excluding hydrogens is 209 g/mol. The molecule has 0 fully saturated rings. The smallest absolute Gasteiger partial charge is 0.334 e. The highest BCUT2D eigenvalue weighted by Gasteiger charge is 2.28. The Balaban J connectivity index is 3.85. The first-order valence-corrected chi connectivity index (χ1v) is 3.60. The van der Waals surface area contributed by atoms with E-state index in [-0.39, 0.29) is 12.3 Å². The highest BCUT2D eigenvalue weighted by Crippen LogP contribution is 2.15. The van der Waals surface area contributed by atoms with Crippen LogP contribution in [0.2, 0.25) is 0 Å². The molecule has 0 radical (unpaired) electrons. The summed E-state index contributed by atoms with van der Waals surface area (Å²) in [5, 5.41) is 8.34. The predicted octanol–water partition coefficient (Wildman–Crippen LogP) is 0.750. The van der Waals surface area contributed by atoms with Crippen LogP contribution in [0.25, 0.3) is 0 Å². The first kappa shape index (κ1) is 9.20. The molecule has 0 aliphatic rings. The third kappa shape index (κ3) is 3.03. The van der Waals surface area contributed by atoms with E-state index in [1.807, 2.05) is 0 Å². The fraction of sp³-hybridized carbons (Fsp3) is 0.750. The first-order valence-electron chi connectivity index (χ1n) is 2.28. The molecule has 9 heavy (non-hydrogen) atoms. The van der Waals surface area contributed by atoms with Gasteiger partial charge in [-0.05, 0) is 6.42 Å². The maximum Gasteiger partial charge on any atom is 0.334 e.